The maximum Gasteiger partial charge on any atom is 0.238 e. The van der Waals surface area contributed by atoms with Gasteiger partial charge in [0.2, 0.25) is 11.8 Å². The summed E-state index contributed by atoms with van der Waals surface area (Å²) in [6.07, 6.45) is 0. The van der Waals surface area contributed by atoms with E-state index in [1.54, 1.807) is 17.0 Å². The summed E-state index contributed by atoms with van der Waals surface area (Å²) in [5.74, 6) is -0.122. The number of anilines is 2. The second-order valence-corrected chi connectivity index (χ2v) is 8.30. The first-order chi connectivity index (χ1) is 12.3. The van der Waals surface area contributed by atoms with E-state index in [9.17, 15) is 14.0 Å². The van der Waals surface area contributed by atoms with Crippen LogP contribution in [-0.4, -0.2) is 17.6 Å². The summed E-state index contributed by atoms with van der Waals surface area (Å²) >= 11 is 1.50. The third-order valence-electron chi connectivity index (χ3n) is 4.09. The van der Waals surface area contributed by atoms with Gasteiger partial charge in [-0.3, -0.25) is 14.5 Å². The second kappa shape index (κ2) is 7.11. The summed E-state index contributed by atoms with van der Waals surface area (Å²) in [6.45, 7) is 5.57. The molecule has 4 nitrogen and oxygen atoms in total. The molecule has 1 saturated heterocycles. The fourth-order valence-corrected chi connectivity index (χ4v) is 3.80. The van der Waals surface area contributed by atoms with Crippen LogP contribution in [0.1, 0.15) is 31.7 Å². The van der Waals surface area contributed by atoms with Crippen LogP contribution in [-0.2, 0) is 9.59 Å². The number of amides is 2. The lowest BCUT2D eigenvalue weighted by Gasteiger charge is -2.24. The maximum atomic E-state index is 13.6. The minimum atomic E-state index is -0.472. The minimum Gasteiger partial charge on any atom is -0.326 e. The first kappa shape index (κ1) is 18.5. The molecule has 1 unspecified atom stereocenters. The number of hydrogen-bond donors (Lipinski definition) is 1. The minimum absolute atomic E-state index is 0.0456. The van der Waals surface area contributed by atoms with Crippen molar-refractivity contribution in [3.63, 3.8) is 0 Å². The predicted molar refractivity (Wildman–Crippen MR) is 104 cm³/mol. The zero-order valence-electron chi connectivity index (χ0n) is 15.0. The summed E-state index contributed by atoms with van der Waals surface area (Å²) in [6, 6.07) is 13.5. The van der Waals surface area contributed by atoms with Gasteiger partial charge in [0.15, 0.2) is 0 Å². The fourth-order valence-electron chi connectivity index (χ4n) is 2.63. The highest BCUT2D eigenvalue weighted by molar-refractivity contribution is 8.00. The molecule has 1 atom stereocenters. The number of nitrogens with one attached hydrogen (secondary N) is 1. The molecule has 136 valence electrons. The third kappa shape index (κ3) is 3.90. The number of rotatable bonds is 3. The van der Waals surface area contributed by atoms with Crippen LogP contribution in [0.3, 0.4) is 0 Å². The van der Waals surface area contributed by atoms with Crippen molar-refractivity contribution in [2.24, 2.45) is 5.41 Å². The van der Waals surface area contributed by atoms with Crippen LogP contribution < -0.4 is 10.2 Å². The quantitative estimate of drug-likeness (QED) is 0.857. The summed E-state index contributed by atoms with van der Waals surface area (Å²) < 4.78 is 13.6. The molecule has 2 aromatic rings. The van der Waals surface area contributed by atoms with Crippen molar-refractivity contribution in [2.45, 2.75) is 26.1 Å². The van der Waals surface area contributed by atoms with Crippen LogP contribution in [0.25, 0.3) is 0 Å². The molecule has 0 radical (unpaired) electrons. The summed E-state index contributed by atoms with van der Waals surface area (Å²) in [5, 5.41) is 2.67. The standard InChI is InChI=1S/C20H21FN2O2S/c1-20(2,3)19(25)22-15-9-7-13(8-10-15)18-23(17(24)12-26-18)16-6-4-5-14(21)11-16/h4-11,18H,12H2,1-3H3,(H,22,25). The molecule has 2 aromatic carbocycles. The van der Waals surface area contributed by atoms with Gasteiger partial charge < -0.3 is 5.32 Å². The first-order valence-electron chi connectivity index (χ1n) is 8.36. The lowest BCUT2D eigenvalue weighted by atomic mass is 9.95. The molecular formula is C20H21FN2O2S. The van der Waals surface area contributed by atoms with E-state index in [1.807, 2.05) is 45.0 Å². The van der Waals surface area contributed by atoms with Gasteiger partial charge in [-0.25, -0.2) is 4.39 Å². The number of thioether (sulfide) groups is 1. The predicted octanol–water partition coefficient (Wildman–Crippen LogP) is 4.59. The highest BCUT2D eigenvalue weighted by atomic mass is 32.2. The average molecular weight is 372 g/mol. The van der Waals surface area contributed by atoms with E-state index < -0.39 is 5.41 Å². The van der Waals surface area contributed by atoms with Crippen molar-refractivity contribution in [3.8, 4) is 0 Å². The van der Waals surface area contributed by atoms with Crippen LogP contribution in [0.2, 0.25) is 0 Å². The number of carbonyl (C=O) groups is 2. The molecule has 6 heteroatoms. The van der Waals surface area contributed by atoms with Crippen molar-refractivity contribution in [3.05, 3.63) is 59.9 Å². The van der Waals surface area contributed by atoms with Crippen LogP contribution in [0.5, 0.6) is 0 Å². The lowest BCUT2D eigenvalue weighted by molar-refractivity contribution is -0.123. The Morgan fingerprint density at radius 1 is 1.19 bits per heavy atom. The molecular weight excluding hydrogens is 351 g/mol. The Bertz CT molecular complexity index is 830. The van der Waals surface area contributed by atoms with Crippen molar-refractivity contribution in [1.82, 2.24) is 0 Å². The summed E-state index contributed by atoms with van der Waals surface area (Å²) in [5.41, 5.74) is 1.72. The van der Waals surface area contributed by atoms with Gasteiger partial charge in [0.25, 0.3) is 0 Å². The highest BCUT2D eigenvalue weighted by Crippen LogP contribution is 2.42. The largest absolute Gasteiger partial charge is 0.326 e. The first-order valence-corrected chi connectivity index (χ1v) is 9.41. The number of halogens is 1. The highest BCUT2D eigenvalue weighted by Gasteiger charge is 2.34. The van der Waals surface area contributed by atoms with E-state index in [0.29, 0.717) is 17.1 Å². The maximum absolute atomic E-state index is 13.6. The Hall–Kier alpha value is -2.34. The molecule has 1 N–H and O–H groups in total. The van der Waals surface area contributed by atoms with E-state index in [2.05, 4.69) is 5.32 Å². The van der Waals surface area contributed by atoms with Gasteiger partial charge in [0.1, 0.15) is 11.2 Å². The summed E-state index contributed by atoms with van der Waals surface area (Å²) in [7, 11) is 0. The molecule has 0 spiro atoms. The Labute approximate surface area is 156 Å². The van der Waals surface area contributed by atoms with Gasteiger partial charge in [-0.05, 0) is 35.9 Å². The molecule has 0 saturated carbocycles. The van der Waals surface area contributed by atoms with Gasteiger partial charge in [-0.1, -0.05) is 39.0 Å². The van der Waals surface area contributed by atoms with Gasteiger partial charge in [0, 0.05) is 16.8 Å². The molecule has 0 bridgehead atoms. The topological polar surface area (TPSA) is 49.4 Å². The Morgan fingerprint density at radius 2 is 1.88 bits per heavy atom. The smallest absolute Gasteiger partial charge is 0.238 e. The van der Waals surface area contributed by atoms with Gasteiger partial charge in [0.05, 0.1) is 5.75 Å². The van der Waals surface area contributed by atoms with Crippen molar-refractivity contribution < 1.29 is 14.0 Å². The molecule has 1 heterocycles. The van der Waals surface area contributed by atoms with Crippen molar-refractivity contribution in [2.75, 3.05) is 16.0 Å². The molecule has 1 fully saturated rings. The number of hydrogen-bond acceptors (Lipinski definition) is 3. The normalized spacial score (nSPS) is 17.5. The monoisotopic (exact) mass is 372 g/mol. The number of benzene rings is 2. The van der Waals surface area contributed by atoms with Gasteiger partial charge >= 0.3 is 0 Å². The van der Waals surface area contributed by atoms with Crippen LogP contribution in [0, 0.1) is 11.2 Å². The van der Waals surface area contributed by atoms with Gasteiger partial charge in [-0.15, -0.1) is 11.8 Å². The number of nitrogens with zero attached hydrogens (tertiary/aromatic N) is 1. The molecule has 3 rings (SSSR count). The zero-order valence-corrected chi connectivity index (χ0v) is 15.8. The Kier molecular flexibility index (Phi) is 5.05. The average Bonchev–Trinajstić information content (AvgIpc) is 2.96. The van der Waals surface area contributed by atoms with Gasteiger partial charge in [-0.2, -0.15) is 0 Å². The fraction of sp³-hybridized carbons (Fsp3) is 0.300. The van der Waals surface area contributed by atoms with E-state index in [4.69, 9.17) is 0 Å². The Balaban J connectivity index is 1.82. The SMILES string of the molecule is CC(C)(C)C(=O)Nc1ccc(C2SCC(=O)N2c2cccc(F)c2)cc1. The van der Waals surface area contributed by atoms with E-state index in [-0.39, 0.29) is 23.0 Å². The molecule has 0 aromatic heterocycles. The van der Waals surface area contributed by atoms with Crippen molar-refractivity contribution >= 4 is 35.0 Å². The third-order valence-corrected chi connectivity index (χ3v) is 5.30. The van der Waals surface area contributed by atoms with E-state index in [0.717, 1.165) is 5.56 Å². The number of carbonyl (C=O) groups excluding carboxylic acids is 2. The van der Waals surface area contributed by atoms with Crippen LogP contribution in [0.15, 0.2) is 48.5 Å². The summed E-state index contributed by atoms with van der Waals surface area (Å²) in [4.78, 5) is 26.0. The molecule has 1 aliphatic heterocycles. The van der Waals surface area contributed by atoms with E-state index >= 15 is 0 Å². The van der Waals surface area contributed by atoms with E-state index in [1.165, 1.54) is 23.9 Å². The van der Waals surface area contributed by atoms with Crippen molar-refractivity contribution in [1.29, 1.82) is 0 Å². The molecule has 0 aliphatic carbocycles. The van der Waals surface area contributed by atoms with Crippen LogP contribution in [0.4, 0.5) is 15.8 Å². The van der Waals surface area contributed by atoms with Crippen LogP contribution >= 0.6 is 11.8 Å². The lowest BCUT2D eigenvalue weighted by Crippen LogP contribution is -2.28. The Morgan fingerprint density at radius 3 is 2.50 bits per heavy atom. The molecule has 1 aliphatic rings. The molecule has 26 heavy (non-hydrogen) atoms. The molecule has 2 amide bonds. The zero-order chi connectivity index (χ0) is 18.9. The second-order valence-electron chi connectivity index (χ2n) is 7.23.